The summed E-state index contributed by atoms with van der Waals surface area (Å²) in [5, 5.41) is 1.36. The molecule has 0 N–H and O–H groups in total. The Bertz CT molecular complexity index is 129. The minimum absolute atomic E-state index is 0.114. The third kappa shape index (κ3) is 3.87. The Morgan fingerprint density at radius 2 is 1.50 bits per heavy atom. The molecule has 0 fully saturated rings. The molecule has 0 radical (unpaired) electrons. The van der Waals surface area contributed by atoms with E-state index in [1.54, 1.807) is 28.4 Å². The summed E-state index contributed by atoms with van der Waals surface area (Å²) in [6.45, 7) is 3.87. The molecule has 0 aliphatic heterocycles. The molecule has 6 heteroatoms. The van der Waals surface area contributed by atoms with Gasteiger partial charge in [-0.05, 0) is 11.7 Å². The lowest BCUT2D eigenvalue weighted by Crippen LogP contribution is -2.49. The van der Waals surface area contributed by atoms with Crippen molar-refractivity contribution in [1.82, 2.24) is 5.23 Å². The predicted octanol–water partition coefficient (Wildman–Crippen LogP) is 0.371. The van der Waals surface area contributed by atoms with Crippen LogP contribution in [0.3, 0.4) is 0 Å². The monoisotopic (exact) mass is 209 g/mol. The number of nitrogens with zero attached hydrogens (tertiary/aromatic N) is 2. The maximum Gasteiger partial charge on any atom is 0.160 e. The third-order valence-electron chi connectivity index (χ3n) is 2.18. The van der Waals surface area contributed by atoms with Gasteiger partial charge in [-0.25, -0.2) is 0 Å². The lowest BCUT2D eigenvalue weighted by molar-refractivity contribution is -1.24. The second-order valence-electron chi connectivity index (χ2n) is 2.64. The number of quaternary nitrogens is 1. The molecule has 6 nitrogen and oxygen atoms in total. The van der Waals surface area contributed by atoms with Crippen LogP contribution in [0, 0.1) is 0 Å². The fourth-order valence-electron chi connectivity index (χ4n) is 1.16. The minimum atomic E-state index is 0.114. The Morgan fingerprint density at radius 3 is 1.79 bits per heavy atom. The fourth-order valence-corrected chi connectivity index (χ4v) is 1.16. The van der Waals surface area contributed by atoms with Crippen LogP contribution in [-0.4, -0.2) is 58.1 Å². The molecule has 0 saturated carbocycles. The Balaban J connectivity index is 4.04. The zero-order valence-corrected chi connectivity index (χ0v) is 9.65. The van der Waals surface area contributed by atoms with Crippen LogP contribution in [0.5, 0.6) is 0 Å². The average Bonchev–Trinajstić information content (AvgIpc) is 2.26. The van der Waals surface area contributed by atoms with E-state index in [9.17, 15) is 0 Å². The van der Waals surface area contributed by atoms with Crippen LogP contribution in [0.25, 0.3) is 0 Å². The molecule has 0 aromatic heterocycles. The van der Waals surface area contributed by atoms with E-state index >= 15 is 0 Å². The van der Waals surface area contributed by atoms with Crippen molar-refractivity contribution in [3.63, 3.8) is 0 Å². The van der Waals surface area contributed by atoms with Crippen LogP contribution in [-0.2, 0) is 19.4 Å². The molecule has 0 aromatic carbocycles. The van der Waals surface area contributed by atoms with E-state index in [4.69, 9.17) is 19.4 Å². The molecule has 0 saturated heterocycles. The van der Waals surface area contributed by atoms with E-state index < -0.39 is 0 Å². The fraction of sp³-hybridized carbons (Fsp3) is 1.00. The van der Waals surface area contributed by atoms with Gasteiger partial charge in [-0.15, -0.1) is 0 Å². The van der Waals surface area contributed by atoms with E-state index in [0.29, 0.717) is 19.6 Å². The first-order valence-electron chi connectivity index (χ1n) is 4.52. The van der Waals surface area contributed by atoms with Crippen molar-refractivity contribution in [3.05, 3.63) is 0 Å². The van der Waals surface area contributed by atoms with Gasteiger partial charge in [0.1, 0.15) is 13.1 Å². The lowest BCUT2D eigenvalue weighted by Gasteiger charge is -2.29. The predicted molar refractivity (Wildman–Crippen MR) is 50.4 cm³/mol. The van der Waals surface area contributed by atoms with Gasteiger partial charge in [0.25, 0.3) is 0 Å². The van der Waals surface area contributed by atoms with Crippen LogP contribution >= 0.6 is 0 Å². The summed E-state index contributed by atoms with van der Waals surface area (Å²) in [5.74, 6) is 0. The van der Waals surface area contributed by atoms with Gasteiger partial charge >= 0.3 is 0 Å². The van der Waals surface area contributed by atoms with Crippen molar-refractivity contribution < 1.29 is 24.2 Å². The molecule has 0 spiro atoms. The summed E-state index contributed by atoms with van der Waals surface area (Å²) in [4.78, 5) is 20.5. The molecule has 0 rings (SSSR count). The van der Waals surface area contributed by atoms with Crippen LogP contribution in [0.15, 0.2) is 0 Å². The first-order valence-corrected chi connectivity index (χ1v) is 4.52. The number of hydrogen-bond donors (Lipinski definition) is 0. The Kier molecular flexibility index (Phi) is 6.98. The van der Waals surface area contributed by atoms with E-state index in [1.807, 2.05) is 6.92 Å². The highest BCUT2D eigenvalue weighted by molar-refractivity contribution is 4.29. The molecular weight excluding hydrogens is 188 g/mol. The molecular formula is C8H21N2O4+. The molecule has 0 atom stereocenters. The van der Waals surface area contributed by atoms with Gasteiger partial charge in [-0.1, -0.05) is 5.23 Å². The molecule has 86 valence electrons. The normalized spacial score (nSPS) is 12.4. The molecule has 14 heavy (non-hydrogen) atoms. The van der Waals surface area contributed by atoms with Gasteiger partial charge < -0.3 is 0 Å². The van der Waals surface area contributed by atoms with Gasteiger partial charge in [-0.2, -0.15) is 9.68 Å². The zero-order valence-electron chi connectivity index (χ0n) is 9.65. The van der Waals surface area contributed by atoms with Crippen LogP contribution in [0.1, 0.15) is 6.92 Å². The molecule has 0 heterocycles. The van der Waals surface area contributed by atoms with E-state index in [1.165, 1.54) is 5.23 Å². The second kappa shape index (κ2) is 7.10. The Labute approximate surface area is 85.3 Å². The van der Waals surface area contributed by atoms with Crippen LogP contribution in [0.4, 0.5) is 0 Å². The quantitative estimate of drug-likeness (QED) is 0.427. The smallest absolute Gasteiger partial charge is 0.160 e. The van der Waals surface area contributed by atoms with Crippen molar-refractivity contribution in [2.75, 3.05) is 48.1 Å². The van der Waals surface area contributed by atoms with Crippen molar-refractivity contribution in [2.24, 2.45) is 0 Å². The van der Waals surface area contributed by atoms with Crippen LogP contribution < -0.4 is 0 Å². The zero-order chi connectivity index (χ0) is 11.0. The van der Waals surface area contributed by atoms with E-state index in [0.717, 1.165) is 0 Å². The number of likely N-dealkylation sites (N-methyl/N-ethyl adjacent to an activating group) is 1. The van der Waals surface area contributed by atoms with E-state index in [-0.39, 0.29) is 4.81 Å². The van der Waals surface area contributed by atoms with Crippen molar-refractivity contribution >= 4 is 0 Å². The third-order valence-corrected chi connectivity index (χ3v) is 2.18. The number of rotatable bonds is 8. The summed E-state index contributed by atoms with van der Waals surface area (Å²) in [6.07, 6.45) is 0. The number of hydrogen-bond acceptors (Lipinski definition) is 5. The first kappa shape index (κ1) is 13.8. The lowest BCUT2D eigenvalue weighted by atomic mass is 10.6. The van der Waals surface area contributed by atoms with Crippen molar-refractivity contribution in [2.45, 2.75) is 6.92 Å². The molecule has 0 amide bonds. The molecule has 0 aliphatic rings. The van der Waals surface area contributed by atoms with Gasteiger partial charge in [0.15, 0.2) is 6.54 Å². The largest absolute Gasteiger partial charge is 0.277 e. The first-order chi connectivity index (χ1) is 6.67. The number of hydroxylamine groups is 6. The molecule has 0 aromatic rings. The Hall–Kier alpha value is -0.240. The molecule has 0 bridgehead atoms. The van der Waals surface area contributed by atoms with E-state index in [2.05, 4.69) is 0 Å². The highest BCUT2D eigenvalue weighted by Gasteiger charge is 2.28. The minimum Gasteiger partial charge on any atom is -0.277 e. The van der Waals surface area contributed by atoms with Gasteiger partial charge in [0.2, 0.25) is 0 Å². The highest BCUT2D eigenvalue weighted by Crippen LogP contribution is 2.07. The molecule has 0 unspecified atom stereocenters. The van der Waals surface area contributed by atoms with Gasteiger partial charge in [0, 0.05) is 0 Å². The summed E-state index contributed by atoms with van der Waals surface area (Å²) in [5.41, 5.74) is 0. The highest BCUT2D eigenvalue weighted by atomic mass is 17.0. The van der Waals surface area contributed by atoms with Crippen molar-refractivity contribution in [1.29, 1.82) is 0 Å². The SMILES string of the molecule is CC[N+](CCN(OC)OC)(OC)OC. The summed E-state index contributed by atoms with van der Waals surface area (Å²) < 4.78 is 0. The average molecular weight is 209 g/mol. The maximum atomic E-state index is 5.25. The van der Waals surface area contributed by atoms with Crippen molar-refractivity contribution in [3.8, 4) is 0 Å². The van der Waals surface area contributed by atoms with Gasteiger partial charge in [-0.3, -0.25) is 9.68 Å². The topological polar surface area (TPSA) is 40.2 Å². The maximum absolute atomic E-state index is 5.25. The molecule has 0 aliphatic carbocycles. The summed E-state index contributed by atoms with van der Waals surface area (Å²) in [7, 11) is 6.31. The summed E-state index contributed by atoms with van der Waals surface area (Å²) >= 11 is 0. The van der Waals surface area contributed by atoms with Gasteiger partial charge in [0.05, 0.1) is 28.4 Å². The Morgan fingerprint density at radius 1 is 1.00 bits per heavy atom. The summed E-state index contributed by atoms with van der Waals surface area (Å²) in [6, 6.07) is 0. The van der Waals surface area contributed by atoms with Crippen LogP contribution in [0.2, 0.25) is 0 Å². The second-order valence-corrected chi connectivity index (χ2v) is 2.64. The standard InChI is InChI=1S/C8H21N2O4/c1-6-10(13-4,14-5)8-7-9(11-2)12-3/h6-8H2,1-5H3/q+1.